The van der Waals surface area contributed by atoms with Crippen LogP contribution in [0.25, 0.3) is 0 Å². The van der Waals surface area contributed by atoms with E-state index >= 15 is 0 Å². The Bertz CT molecular complexity index is 622. The van der Waals surface area contributed by atoms with Crippen LogP contribution in [0.3, 0.4) is 0 Å². The zero-order chi connectivity index (χ0) is 19.1. The number of hydrogen-bond acceptors (Lipinski definition) is 4. The van der Waals surface area contributed by atoms with Crippen molar-refractivity contribution in [2.75, 3.05) is 38.2 Å². The van der Waals surface area contributed by atoms with Crippen molar-refractivity contribution in [1.29, 1.82) is 0 Å². The van der Waals surface area contributed by atoms with Crippen molar-refractivity contribution in [3.8, 4) is 5.75 Å². The van der Waals surface area contributed by atoms with E-state index < -0.39 is 0 Å². The molecule has 1 saturated carbocycles. The number of piperidine rings is 1. The molecule has 6 nitrogen and oxygen atoms in total. The average molecular weight is 375 g/mol. The van der Waals surface area contributed by atoms with Gasteiger partial charge in [0, 0.05) is 49.9 Å². The number of anilines is 1. The van der Waals surface area contributed by atoms with Gasteiger partial charge in [0.2, 0.25) is 0 Å². The highest BCUT2D eigenvalue weighted by Gasteiger charge is 2.25. The Balaban J connectivity index is 1.59. The molecule has 2 aliphatic rings. The third-order valence-corrected chi connectivity index (χ3v) is 5.63. The minimum atomic E-state index is -0.185. The second-order valence-electron chi connectivity index (χ2n) is 7.61. The zero-order valence-corrected chi connectivity index (χ0v) is 16.7. The SMILES string of the molecule is CCNC(=NCC1CCCC1O)NC1CCCN(c2cccc(OC)c2)C1. The molecule has 1 aliphatic carbocycles. The van der Waals surface area contributed by atoms with Crippen molar-refractivity contribution in [1.82, 2.24) is 10.6 Å². The maximum absolute atomic E-state index is 10.0. The molecule has 3 atom stereocenters. The smallest absolute Gasteiger partial charge is 0.191 e. The first-order valence-electron chi connectivity index (χ1n) is 10.3. The van der Waals surface area contributed by atoms with E-state index in [2.05, 4.69) is 34.6 Å². The molecule has 3 N–H and O–H groups in total. The summed E-state index contributed by atoms with van der Waals surface area (Å²) in [6, 6.07) is 8.63. The number of guanidine groups is 1. The van der Waals surface area contributed by atoms with E-state index in [-0.39, 0.29) is 6.10 Å². The number of benzene rings is 1. The third kappa shape index (κ3) is 5.51. The summed E-state index contributed by atoms with van der Waals surface area (Å²) < 4.78 is 5.37. The van der Waals surface area contributed by atoms with Crippen LogP contribution in [0.15, 0.2) is 29.3 Å². The second-order valence-corrected chi connectivity index (χ2v) is 7.61. The van der Waals surface area contributed by atoms with Crippen LogP contribution >= 0.6 is 0 Å². The number of aliphatic hydroxyl groups is 1. The topological polar surface area (TPSA) is 69.1 Å². The number of aliphatic hydroxyl groups excluding tert-OH is 1. The first-order chi connectivity index (χ1) is 13.2. The molecule has 1 aromatic rings. The molecule has 2 fully saturated rings. The normalized spacial score (nSPS) is 26.1. The fourth-order valence-electron chi connectivity index (χ4n) is 4.09. The molecule has 1 saturated heterocycles. The lowest BCUT2D eigenvalue weighted by Crippen LogP contribution is -2.51. The molecule has 6 heteroatoms. The molecule has 3 unspecified atom stereocenters. The number of nitrogens with zero attached hydrogens (tertiary/aromatic N) is 2. The molecule has 0 spiro atoms. The number of ether oxygens (including phenoxy) is 1. The van der Waals surface area contributed by atoms with Gasteiger partial charge >= 0.3 is 0 Å². The lowest BCUT2D eigenvalue weighted by atomic mass is 10.0. The van der Waals surface area contributed by atoms with Gasteiger partial charge in [-0.2, -0.15) is 0 Å². The summed E-state index contributed by atoms with van der Waals surface area (Å²) in [7, 11) is 1.71. The van der Waals surface area contributed by atoms with Crippen LogP contribution in [0.5, 0.6) is 5.75 Å². The summed E-state index contributed by atoms with van der Waals surface area (Å²) in [5, 5.41) is 17.0. The molecule has 0 bridgehead atoms. The number of aliphatic imine (C=N–C) groups is 1. The summed E-state index contributed by atoms with van der Waals surface area (Å²) in [5.41, 5.74) is 1.21. The first-order valence-corrected chi connectivity index (χ1v) is 10.3. The Morgan fingerprint density at radius 2 is 2.19 bits per heavy atom. The lowest BCUT2D eigenvalue weighted by Gasteiger charge is -2.35. The molecule has 150 valence electrons. The van der Waals surface area contributed by atoms with E-state index in [0.29, 0.717) is 18.5 Å². The minimum Gasteiger partial charge on any atom is -0.497 e. The standard InChI is InChI=1S/C21H34N4O2/c1-3-22-21(23-14-16-7-4-11-20(16)26)24-17-8-6-12-25(15-17)18-9-5-10-19(13-18)27-2/h5,9-10,13,16-17,20,26H,3-4,6-8,11-12,14-15H2,1-2H3,(H2,22,23,24). The summed E-state index contributed by atoms with van der Waals surface area (Å²) >= 11 is 0. The van der Waals surface area contributed by atoms with E-state index in [0.717, 1.165) is 63.4 Å². The van der Waals surface area contributed by atoms with Crippen LogP contribution in [0, 0.1) is 5.92 Å². The van der Waals surface area contributed by atoms with Gasteiger partial charge in [0.25, 0.3) is 0 Å². The number of hydrogen-bond donors (Lipinski definition) is 3. The predicted molar refractivity (Wildman–Crippen MR) is 111 cm³/mol. The molecule has 1 heterocycles. The maximum atomic E-state index is 10.0. The number of rotatable bonds is 6. The van der Waals surface area contributed by atoms with E-state index in [1.54, 1.807) is 7.11 Å². The van der Waals surface area contributed by atoms with Gasteiger partial charge in [0.1, 0.15) is 5.75 Å². The number of nitrogens with one attached hydrogen (secondary N) is 2. The molecular formula is C21H34N4O2. The Kier molecular flexibility index (Phi) is 7.21. The van der Waals surface area contributed by atoms with E-state index in [1.165, 1.54) is 5.69 Å². The highest BCUT2D eigenvalue weighted by molar-refractivity contribution is 5.80. The minimum absolute atomic E-state index is 0.185. The van der Waals surface area contributed by atoms with Crippen LogP contribution in [0.4, 0.5) is 5.69 Å². The summed E-state index contributed by atoms with van der Waals surface area (Å²) in [4.78, 5) is 7.17. The van der Waals surface area contributed by atoms with Gasteiger partial charge in [-0.3, -0.25) is 4.99 Å². The van der Waals surface area contributed by atoms with Gasteiger partial charge in [-0.25, -0.2) is 0 Å². The molecule has 0 amide bonds. The van der Waals surface area contributed by atoms with Gasteiger partial charge in [-0.05, 0) is 44.7 Å². The van der Waals surface area contributed by atoms with Crippen LogP contribution in [0.1, 0.15) is 39.0 Å². The quantitative estimate of drug-likeness (QED) is 0.527. The second kappa shape index (κ2) is 9.83. The van der Waals surface area contributed by atoms with E-state index in [1.807, 2.05) is 12.1 Å². The third-order valence-electron chi connectivity index (χ3n) is 5.63. The molecule has 0 aromatic heterocycles. The Labute approximate surface area is 163 Å². The Morgan fingerprint density at radius 1 is 1.30 bits per heavy atom. The highest BCUT2D eigenvalue weighted by atomic mass is 16.5. The first kappa shape index (κ1) is 19.8. The molecular weight excluding hydrogens is 340 g/mol. The Morgan fingerprint density at radius 3 is 2.93 bits per heavy atom. The molecule has 27 heavy (non-hydrogen) atoms. The van der Waals surface area contributed by atoms with Gasteiger partial charge in [-0.1, -0.05) is 12.5 Å². The van der Waals surface area contributed by atoms with Crippen LogP contribution < -0.4 is 20.3 Å². The monoisotopic (exact) mass is 374 g/mol. The van der Waals surface area contributed by atoms with Crippen LogP contribution in [-0.2, 0) is 0 Å². The summed E-state index contributed by atoms with van der Waals surface area (Å²) in [5.74, 6) is 2.07. The molecule has 1 aliphatic heterocycles. The maximum Gasteiger partial charge on any atom is 0.191 e. The summed E-state index contributed by atoms with van der Waals surface area (Å²) in [6.45, 7) is 5.64. The largest absolute Gasteiger partial charge is 0.497 e. The summed E-state index contributed by atoms with van der Waals surface area (Å²) in [6.07, 6.45) is 5.21. The predicted octanol–water partition coefficient (Wildman–Crippen LogP) is 2.38. The number of methoxy groups -OCH3 is 1. The van der Waals surface area contributed by atoms with Gasteiger partial charge < -0.3 is 25.4 Å². The van der Waals surface area contributed by atoms with E-state index in [9.17, 15) is 5.11 Å². The average Bonchev–Trinajstić information content (AvgIpc) is 3.11. The van der Waals surface area contributed by atoms with Crippen LogP contribution in [-0.4, -0.2) is 56.5 Å². The van der Waals surface area contributed by atoms with Crippen LogP contribution in [0.2, 0.25) is 0 Å². The van der Waals surface area contributed by atoms with Crippen molar-refractivity contribution in [2.45, 2.75) is 51.2 Å². The van der Waals surface area contributed by atoms with Crippen molar-refractivity contribution >= 4 is 11.6 Å². The van der Waals surface area contributed by atoms with Crippen molar-refractivity contribution in [2.24, 2.45) is 10.9 Å². The Hall–Kier alpha value is -1.95. The van der Waals surface area contributed by atoms with Gasteiger partial charge in [0.15, 0.2) is 5.96 Å². The van der Waals surface area contributed by atoms with Crippen molar-refractivity contribution in [3.63, 3.8) is 0 Å². The fourth-order valence-corrected chi connectivity index (χ4v) is 4.09. The highest BCUT2D eigenvalue weighted by Crippen LogP contribution is 2.26. The molecule has 0 radical (unpaired) electrons. The molecule has 3 rings (SSSR count). The van der Waals surface area contributed by atoms with Crippen molar-refractivity contribution < 1.29 is 9.84 Å². The van der Waals surface area contributed by atoms with Gasteiger partial charge in [-0.15, -0.1) is 0 Å². The molecule has 1 aromatic carbocycles. The van der Waals surface area contributed by atoms with E-state index in [4.69, 9.17) is 9.73 Å². The lowest BCUT2D eigenvalue weighted by molar-refractivity contribution is 0.136. The zero-order valence-electron chi connectivity index (χ0n) is 16.7. The van der Waals surface area contributed by atoms with Gasteiger partial charge in [0.05, 0.1) is 13.2 Å². The van der Waals surface area contributed by atoms with Crippen molar-refractivity contribution in [3.05, 3.63) is 24.3 Å². The fraction of sp³-hybridized carbons (Fsp3) is 0.667.